The highest BCUT2D eigenvalue weighted by Crippen LogP contribution is 2.15. The molecular formula is C13H19ClF2N2O2. The molecule has 1 atom stereocenters. The molecule has 1 unspecified atom stereocenters. The van der Waals surface area contributed by atoms with Crippen molar-refractivity contribution in [3.05, 3.63) is 29.8 Å². The van der Waals surface area contributed by atoms with E-state index in [9.17, 15) is 13.6 Å². The molecule has 20 heavy (non-hydrogen) atoms. The summed E-state index contributed by atoms with van der Waals surface area (Å²) >= 11 is 0. The summed E-state index contributed by atoms with van der Waals surface area (Å²) in [4.78, 5) is 11.6. The van der Waals surface area contributed by atoms with Gasteiger partial charge in [-0.2, -0.15) is 8.78 Å². The van der Waals surface area contributed by atoms with Gasteiger partial charge in [0.25, 0.3) is 0 Å². The molecule has 0 fully saturated rings. The van der Waals surface area contributed by atoms with E-state index in [0.717, 1.165) is 6.42 Å². The van der Waals surface area contributed by atoms with Crippen molar-refractivity contribution in [2.75, 3.05) is 0 Å². The summed E-state index contributed by atoms with van der Waals surface area (Å²) < 4.78 is 28.4. The molecule has 0 bridgehead atoms. The van der Waals surface area contributed by atoms with Gasteiger partial charge in [0.05, 0.1) is 6.04 Å². The van der Waals surface area contributed by atoms with Crippen molar-refractivity contribution in [2.24, 2.45) is 5.73 Å². The lowest BCUT2D eigenvalue weighted by Crippen LogP contribution is -2.40. The molecule has 0 saturated heterocycles. The molecule has 3 N–H and O–H groups in total. The standard InChI is InChI=1S/C13H18F2N2O2.ClH/c1-2-4-11(16)12(18)17-8-9-5-3-6-10(7-9)19-13(14)15;/h3,5-7,11,13H,2,4,8,16H2,1H3,(H,17,18);1H. The van der Waals surface area contributed by atoms with Gasteiger partial charge in [0, 0.05) is 6.54 Å². The van der Waals surface area contributed by atoms with Gasteiger partial charge in [0.2, 0.25) is 5.91 Å². The topological polar surface area (TPSA) is 64.4 Å². The molecule has 0 aliphatic rings. The highest BCUT2D eigenvalue weighted by atomic mass is 35.5. The monoisotopic (exact) mass is 308 g/mol. The lowest BCUT2D eigenvalue weighted by Gasteiger charge is -2.12. The number of carbonyl (C=O) groups excluding carboxylic acids is 1. The van der Waals surface area contributed by atoms with Crippen LogP contribution in [-0.2, 0) is 11.3 Å². The largest absolute Gasteiger partial charge is 0.435 e. The first kappa shape index (κ1) is 18.6. The van der Waals surface area contributed by atoms with Crippen molar-refractivity contribution in [1.29, 1.82) is 0 Å². The number of nitrogens with two attached hydrogens (primary N) is 1. The van der Waals surface area contributed by atoms with E-state index in [0.29, 0.717) is 12.0 Å². The fourth-order valence-electron chi connectivity index (χ4n) is 1.59. The first-order chi connectivity index (χ1) is 9.02. The first-order valence-corrected chi connectivity index (χ1v) is 6.10. The maximum absolute atomic E-state index is 12.0. The molecule has 7 heteroatoms. The Bertz CT molecular complexity index is 419. The van der Waals surface area contributed by atoms with E-state index in [4.69, 9.17) is 5.73 Å². The molecule has 0 radical (unpaired) electrons. The molecule has 0 saturated carbocycles. The Morgan fingerprint density at radius 3 is 2.75 bits per heavy atom. The highest BCUT2D eigenvalue weighted by molar-refractivity contribution is 5.85. The van der Waals surface area contributed by atoms with Gasteiger partial charge in [-0.1, -0.05) is 25.5 Å². The van der Waals surface area contributed by atoms with E-state index >= 15 is 0 Å². The Morgan fingerprint density at radius 1 is 1.45 bits per heavy atom. The van der Waals surface area contributed by atoms with Crippen LogP contribution in [0.15, 0.2) is 24.3 Å². The molecule has 0 aromatic heterocycles. The number of ether oxygens (including phenoxy) is 1. The fraction of sp³-hybridized carbons (Fsp3) is 0.462. The zero-order valence-electron chi connectivity index (χ0n) is 11.1. The summed E-state index contributed by atoms with van der Waals surface area (Å²) in [5, 5.41) is 2.66. The third-order valence-corrected chi connectivity index (χ3v) is 2.53. The molecule has 0 heterocycles. The smallest absolute Gasteiger partial charge is 0.387 e. The number of amides is 1. The van der Waals surface area contributed by atoms with Gasteiger partial charge >= 0.3 is 6.61 Å². The Labute approximate surface area is 123 Å². The van der Waals surface area contributed by atoms with Crippen LogP contribution in [0.2, 0.25) is 0 Å². The number of nitrogens with one attached hydrogen (secondary N) is 1. The average molecular weight is 309 g/mol. The second-order valence-electron chi connectivity index (χ2n) is 4.14. The number of carbonyl (C=O) groups is 1. The van der Waals surface area contributed by atoms with Crippen molar-refractivity contribution in [3.63, 3.8) is 0 Å². The van der Waals surface area contributed by atoms with Gasteiger partial charge in [-0.25, -0.2) is 0 Å². The summed E-state index contributed by atoms with van der Waals surface area (Å²) in [6, 6.07) is 5.65. The normalized spacial score (nSPS) is 11.7. The Hall–Kier alpha value is -1.40. The predicted molar refractivity (Wildman–Crippen MR) is 75.1 cm³/mol. The van der Waals surface area contributed by atoms with Gasteiger partial charge in [-0.3, -0.25) is 4.79 Å². The number of benzene rings is 1. The zero-order chi connectivity index (χ0) is 14.3. The van der Waals surface area contributed by atoms with E-state index in [1.807, 2.05) is 6.92 Å². The van der Waals surface area contributed by atoms with Crippen LogP contribution < -0.4 is 15.8 Å². The molecule has 1 aromatic carbocycles. The van der Waals surface area contributed by atoms with Crippen LogP contribution in [-0.4, -0.2) is 18.6 Å². The van der Waals surface area contributed by atoms with E-state index in [-0.39, 0.29) is 30.6 Å². The minimum Gasteiger partial charge on any atom is -0.435 e. The van der Waals surface area contributed by atoms with Crippen molar-refractivity contribution < 1.29 is 18.3 Å². The second-order valence-corrected chi connectivity index (χ2v) is 4.14. The number of alkyl halides is 2. The first-order valence-electron chi connectivity index (χ1n) is 6.10. The Balaban J connectivity index is 0.00000361. The molecule has 1 aromatic rings. The number of rotatable bonds is 7. The summed E-state index contributed by atoms with van der Waals surface area (Å²) in [7, 11) is 0. The maximum Gasteiger partial charge on any atom is 0.387 e. The van der Waals surface area contributed by atoms with Crippen LogP contribution in [0.4, 0.5) is 8.78 Å². The molecule has 1 rings (SSSR count). The fourth-order valence-corrected chi connectivity index (χ4v) is 1.59. The number of halogens is 3. The van der Waals surface area contributed by atoms with Crippen LogP contribution in [0.1, 0.15) is 25.3 Å². The van der Waals surface area contributed by atoms with Crippen LogP contribution >= 0.6 is 12.4 Å². The summed E-state index contributed by atoms with van der Waals surface area (Å²) in [5.74, 6) is -0.179. The van der Waals surface area contributed by atoms with Crippen LogP contribution in [0, 0.1) is 0 Å². The highest BCUT2D eigenvalue weighted by Gasteiger charge is 2.11. The quantitative estimate of drug-likeness (QED) is 0.813. The minimum atomic E-state index is -2.86. The van der Waals surface area contributed by atoms with E-state index in [1.54, 1.807) is 12.1 Å². The van der Waals surface area contributed by atoms with Gasteiger partial charge < -0.3 is 15.8 Å². The van der Waals surface area contributed by atoms with E-state index in [2.05, 4.69) is 10.1 Å². The average Bonchev–Trinajstić information content (AvgIpc) is 2.36. The summed E-state index contributed by atoms with van der Waals surface area (Å²) in [6.45, 7) is -0.683. The SMILES string of the molecule is CCCC(N)C(=O)NCc1cccc(OC(F)F)c1.Cl. The summed E-state index contributed by atoms with van der Waals surface area (Å²) in [5.41, 5.74) is 6.33. The summed E-state index contributed by atoms with van der Waals surface area (Å²) in [6.07, 6.45) is 1.44. The number of hydrogen-bond donors (Lipinski definition) is 2. The zero-order valence-corrected chi connectivity index (χ0v) is 12.0. The molecular weight excluding hydrogens is 290 g/mol. The number of hydrogen-bond acceptors (Lipinski definition) is 3. The Morgan fingerprint density at radius 2 is 2.15 bits per heavy atom. The van der Waals surface area contributed by atoms with Gasteiger partial charge in [-0.15, -0.1) is 12.4 Å². The van der Waals surface area contributed by atoms with Gasteiger partial charge in [0.15, 0.2) is 0 Å². The lowest BCUT2D eigenvalue weighted by molar-refractivity contribution is -0.122. The van der Waals surface area contributed by atoms with Crippen molar-refractivity contribution in [3.8, 4) is 5.75 Å². The second kappa shape index (κ2) is 9.50. The minimum absolute atomic E-state index is 0. The third kappa shape index (κ3) is 6.68. The van der Waals surface area contributed by atoms with Crippen molar-refractivity contribution >= 4 is 18.3 Å². The lowest BCUT2D eigenvalue weighted by atomic mass is 10.1. The molecule has 114 valence electrons. The molecule has 0 spiro atoms. The molecule has 0 aliphatic heterocycles. The Kier molecular flexibility index (Phi) is 8.83. The van der Waals surface area contributed by atoms with E-state index in [1.165, 1.54) is 12.1 Å². The third-order valence-electron chi connectivity index (χ3n) is 2.53. The van der Waals surface area contributed by atoms with Crippen molar-refractivity contribution in [2.45, 2.75) is 39.0 Å². The molecule has 0 aliphatic carbocycles. The van der Waals surface area contributed by atoms with Crippen molar-refractivity contribution in [1.82, 2.24) is 5.32 Å². The maximum atomic E-state index is 12.0. The molecule has 1 amide bonds. The van der Waals surface area contributed by atoms with Crippen LogP contribution in [0.25, 0.3) is 0 Å². The predicted octanol–water partition coefficient (Wildman–Crippen LogP) is 2.45. The van der Waals surface area contributed by atoms with Crippen LogP contribution in [0.3, 0.4) is 0 Å². The van der Waals surface area contributed by atoms with Gasteiger partial charge in [-0.05, 0) is 24.1 Å². The van der Waals surface area contributed by atoms with Crippen LogP contribution in [0.5, 0.6) is 5.75 Å². The molecule has 4 nitrogen and oxygen atoms in total. The van der Waals surface area contributed by atoms with Gasteiger partial charge in [0.1, 0.15) is 5.75 Å². The van der Waals surface area contributed by atoms with E-state index < -0.39 is 12.7 Å².